The highest BCUT2D eigenvalue weighted by molar-refractivity contribution is 6.63. The van der Waals surface area contributed by atoms with Crippen molar-refractivity contribution in [2.45, 2.75) is 58.8 Å². The van der Waals surface area contributed by atoms with Crippen LogP contribution in [0.4, 0.5) is 0 Å². The normalized spacial score (nSPS) is 9.09. The van der Waals surface area contributed by atoms with Crippen molar-refractivity contribution in [3.8, 4) is 11.5 Å². The number of rotatable bonds is 7. The number of carbonyl (C=O) groups excluding carboxylic acids is 1. The fraction of sp³-hybridized carbons (Fsp3) is 0.588. The highest BCUT2D eigenvalue weighted by Gasteiger charge is 1.92. The van der Waals surface area contributed by atoms with Crippen LogP contribution in [0.15, 0.2) is 24.3 Å². The lowest BCUT2D eigenvalue weighted by Crippen LogP contribution is -1.84. The topological polar surface area (TPSA) is 57.5 Å². The molecule has 0 aliphatic rings. The minimum atomic E-state index is -0.210. The van der Waals surface area contributed by atoms with Gasteiger partial charge >= 0.3 is 0 Å². The molecule has 1 aromatic carbocycles. The minimum Gasteiger partial charge on any atom is -0.504 e. The van der Waals surface area contributed by atoms with Crippen LogP contribution in [0.25, 0.3) is 0 Å². The number of hydrogen-bond donors (Lipinski definition) is 2. The summed E-state index contributed by atoms with van der Waals surface area (Å²) in [5.74, 6) is 0.674. The molecule has 1 rings (SSSR count). The van der Waals surface area contributed by atoms with Gasteiger partial charge in [-0.25, -0.2) is 0 Å². The minimum absolute atomic E-state index is 0.0764. The third-order valence-electron chi connectivity index (χ3n) is 2.60. The number of halogens is 2. The SMILES string of the molecule is CCCCCC(=O)Cl.CCCCCCl.Oc1ccccc1O. The molecule has 0 radical (unpaired) electrons. The molecule has 0 amide bonds. The van der Waals surface area contributed by atoms with E-state index >= 15 is 0 Å². The van der Waals surface area contributed by atoms with Crippen LogP contribution >= 0.6 is 23.2 Å². The third-order valence-corrected chi connectivity index (χ3v) is 3.05. The molecule has 5 heteroatoms. The quantitative estimate of drug-likeness (QED) is 0.281. The summed E-state index contributed by atoms with van der Waals surface area (Å²) in [6.07, 6.45) is 7.46. The number of phenols is 2. The molecule has 0 aliphatic carbocycles. The fourth-order valence-electron chi connectivity index (χ4n) is 1.32. The third kappa shape index (κ3) is 19.1. The molecule has 0 heterocycles. The van der Waals surface area contributed by atoms with E-state index in [4.69, 9.17) is 33.4 Å². The summed E-state index contributed by atoms with van der Waals surface area (Å²) in [5.41, 5.74) is 0. The van der Waals surface area contributed by atoms with Crippen LogP contribution < -0.4 is 0 Å². The molecule has 0 atom stereocenters. The fourth-order valence-corrected chi connectivity index (χ4v) is 1.65. The van der Waals surface area contributed by atoms with Gasteiger partial charge in [0.2, 0.25) is 5.24 Å². The van der Waals surface area contributed by atoms with E-state index < -0.39 is 0 Å². The molecule has 0 unspecified atom stereocenters. The monoisotopic (exact) mass is 350 g/mol. The van der Waals surface area contributed by atoms with Gasteiger partial charge in [-0.05, 0) is 36.6 Å². The summed E-state index contributed by atoms with van der Waals surface area (Å²) >= 11 is 10.5. The van der Waals surface area contributed by atoms with E-state index in [1.807, 2.05) is 0 Å². The second kappa shape index (κ2) is 18.1. The van der Waals surface area contributed by atoms with Crippen molar-refractivity contribution in [3.63, 3.8) is 0 Å². The van der Waals surface area contributed by atoms with Crippen molar-refractivity contribution in [1.82, 2.24) is 0 Å². The standard InChI is InChI=1S/C6H11ClO.C6H6O2.C5H11Cl/c1-2-3-4-5-6(7)8;7-5-3-1-2-4-6(5)8;1-2-3-4-5-6/h2-5H2,1H3;1-4,7-8H;2-5H2,1H3. The molecule has 0 aliphatic heterocycles. The van der Waals surface area contributed by atoms with Crippen LogP contribution in [0.1, 0.15) is 58.8 Å². The van der Waals surface area contributed by atoms with E-state index in [2.05, 4.69) is 13.8 Å². The lowest BCUT2D eigenvalue weighted by molar-refractivity contribution is -0.111. The molecule has 22 heavy (non-hydrogen) atoms. The van der Waals surface area contributed by atoms with Crippen molar-refractivity contribution in [2.24, 2.45) is 0 Å². The summed E-state index contributed by atoms with van der Waals surface area (Å²) in [7, 11) is 0. The molecule has 1 aromatic rings. The number of aromatic hydroxyl groups is 2. The largest absolute Gasteiger partial charge is 0.504 e. The molecular formula is C17H28Cl2O3. The average Bonchev–Trinajstić information content (AvgIpc) is 2.49. The summed E-state index contributed by atoms with van der Waals surface area (Å²) in [5, 5.41) is 17.1. The van der Waals surface area contributed by atoms with Crippen LogP contribution in [0.2, 0.25) is 0 Å². The first-order valence-corrected chi connectivity index (χ1v) is 8.62. The second-order valence-corrected chi connectivity index (χ2v) is 5.50. The first-order chi connectivity index (χ1) is 10.5. The summed E-state index contributed by atoms with van der Waals surface area (Å²) in [6.45, 7) is 4.27. The van der Waals surface area contributed by atoms with Crippen LogP contribution in [0.5, 0.6) is 11.5 Å². The summed E-state index contributed by atoms with van der Waals surface area (Å²) in [6, 6.07) is 6.15. The number of benzene rings is 1. The van der Waals surface area contributed by atoms with Gasteiger partial charge in [-0.2, -0.15) is 0 Å². The Labute approximate surface area is 144 Å². The molecule has 3 nitrogen and oxygen atoms in total. The Morgan fingerprint density at radius 1 is 0.955 bits per heavy atom. The van der Waals surface area contributed by atoms with Gasteiger partial charge < -0.3 is 10.2 Å². The van der Waals surface area contributed by atoms with E-state index in [1.54, 1.807) is 12.1 Å². The van der Waals surface area contributed by atoms with Gasteiger partial charge in [0.15, 0.2) is 11.5 Å². The predicted molar refractivity (Wildman–Crippen MR) is 95.0 cm³/mol. The first kappa shape index (κ1) is 23.3. The molecular weight excluding hydrogens is 323 g/mol. The van der Waals surface area contributed by atoms with E-state index in [1.165, 1.54) is 31.4 Å². The van der Waals surface area contributed by atoms with Gasteiger partial charge in [-0.1, -0.05) is 51.7 Å². The van der Waals surface area contributed by atoms with E-state index in [9.17, 15) is 4.79 Å². The molecule has 0 spiro atoms. The highest BCUT2D eigenvalue weighted by atomic mass is 35.5. The van der Waals surface area contributed by atoms with Crippen molar-refractivity contribution in [3.05, 3.63) is 24.3 Å². The number of unbranched alkanes of at least 4 members (excludes halogenated alkanes) is 4. The number of alkyl halides is 1. The van der Waals surface area contributed by atoms with Crippen molar-refractivity contribution >= 4 is 28.4 Å². The zero-order valence-electron chi connectivity index (χ0n) is 13.5. The lowest BCUT2D eigenvalue weighted by Gasteiger charge is -1.91. The van der Waals surface area contributed by atoms with Crippen LogP contribution in [0, 0.1) is 0 Å². The summed E-state index contributed by atoms with van der Waals surface area (Å²) in [4.78, 5) is 10.1. The number of hydrogen-bond acceptors (Lipinski definition) is 3. The Bertz CT molecular complexity index is 346. The average molecular weight is 351 g/mol. The molecule has 128 valence electrons. The van der Waals surface area contributed by atoms with Crippen molar-refractivity contribution < 1.29 is 15.0 Å². The maximum absolute atomic E-state index is 10.1. The van der Waals surface area contributed by atoms with Gasteiger partial charge in [0.05, 0.1) is 0 Å². The lowest BCUT2D eigenvalue weighted by atomic mass is 10.2. The van der Waals surface area contributed by atoms with Gasteiger partial charge in [-0.15, -0.1) is 11.6 Å². The molecule has 0 saturated heterocycles. The highest BCUT2D eigenvalue weighted by Crippen LogP contribution is 2.21. The van der Waals surface area contributed by atoms with Crippen molar-refractivity contribution in [1.29, 1.82) is 0 Å². The van der Waals surface area contributed by atoms with Gasteiger partial charge in [-0.3, -0.25) is 4.79 Å². The van der Waals surface area contributed by atoms with Crippen LogP contribution in [0.3, 0.4) is 0 Å². The van der Waals surface area contributed by atoms with Crippen LogP contribution in [-0.2, 0) is 4.79 Å². The Morgan fingerprint density at radius 3 is 1.68 bits per heavy atom. The zero-order chi connectivity index (χ0) is 17.2. The maximum Gasteiger partial charge on any atom is 0.221 e. The van der Waals surface area contributed by atoms with Gasteiger partial charge in [0.25, 0.3) is 0 Å². The molecule has 0 saturated carbocycles. The first-order valence-electron chi connectivity index (χ1n) is 7.70. The van der Waals surface area contributed by atoms with E-state index in [0.717, 1.165) is 25.1 Å². The molecule has 0 aromatic heterocycles. The number of para-hydroxylation sites is 2. The Morgan fingerprint density at radius 2 is 1.41 bits per heavy atom. The second-order valence-electron chi connectivity index (χ2n) is 4.70. The van der Waals surface area contributed by atoms with Crippen LogP contribution in [-0.4, -0.2) is 21.3 Å². The predicted octanol–water partition coefficient (Wildman–Crippen LogP) is 5.85. The summed E-state index contributed by atoms with van der Waals surface area (Å²) < 4.78 is 0. The number of carbonyl (C=O) groups is 1. The number of phenolic OH excluding ortho intramolecular Hbond substituents is 2. The Hall–Kier alpha value is -0.930. The molecule has 2 N–H and O–H groups in total. The van der Waals surface area contributed by atoms with Crippen molar-refractivity contribution in [2.75, 3.05) is 5.88 Å². The smallest absolute Gasteiger partial charge is 0.221 e. The Kier molecular flexibility index (Phi) is 19.2. The molecule has 0 bridgehead atoms. The zero-order valence-corrected chi connectivity index (χ0v) is 15.0. The molecule has 0 fully saturated rings. The Balaban J connectivity index is 0. The van der Waals surface area contributed by atoms with E-state index in [0.29, 0.717) is 6.42 Å². The maximum atomic E-state index is 10.1. The van der Waals surface area contributed by atoms with Gasteiger partial charge in [0.1, 0.15) is 0 Å². The van der Waals surface area contributed by atoms with Gasteiger partial charge in [0, 0.05) is 12.3 Å². The van der Waals surface area contributed by atoms with E-state index in [-0.39, 0.29) is 16.7 Å².